The smallest absolute Gasteiger partial charge is 0.135 e. The molecule has 4 heteroatoms. The second-order valence-corrected chi connectivity index (χ2v) is 6.66. The van der Waals surface area contributed by atoms with Crippen LogP contribution < -0.4 is 0 Å². The zero-order valence-corrected chi connectivity index (χ0v) is 10.2. The van der Waals surface area contributed by atoms with E-state index in [0.29, 0.717) is 0 Å². The molecule has 0 aliphatic carbocycles. The second kappa shape index (κ2) is 3.77. The molecule has 2 rings (SSSR count). The third-order valence-electron chi connectivity index (χ3n) is 2.61. The van der Waals surface area contributed by atoms with Crippen LogP contribution in [0.25, 0.3) is 0 Å². The Hall–Kier alpha value is -1.49. The molecule has 3 nitrogen and oxygen atoms in total. The minimum Gasteiger partial charge on any atom is -0.301 e. The van der Waals surface area contributed by atoms with Gasteiger partial charge in [0.1, 0.15) is 9.63 Å². The Bertz CT molecular complexity index is 582. The maximum atomic E-state index is 12.4. The molecule has 2 aromatic carbocycles. The fraction of sp³-hybridized carbons (Fsp3) is 0.0769. The lowest BCUT2D eigenvalue weighted by molar-refractivity contribution is 0.389. The van der Waals surface area contributed by atoms with E-state index in [1.165, 1.54) is 24.3 Å². The first kappa shape index (κ1) is 12.0. The van der Waals surface area contributed by atoms with Crippen molar-refractivity contribution in [3.8, 4) is 0 Å². The van der Waals surface area contributed by atoms with E-state index < -0.39 is 9.63 Å². The summed E-state index contributed by atoms with van der Waals surface area (Å²) in [6, 6.07) is 14.2. The minimum atomic E-state index is -4.94. The van der Waals surface area contributed by atoms with E-state index in [9.17, 15) is 13.3 Å². The van der Waals surface area contributed by atoms with Gasteiger partial charge in [0.15, 0.2) is 0 Å². The molecular weight excluding hydrogens is 236 g/mol. The normalized spacial score (nSPS) is 13.9. The van der Waals surface area contributed by atoms with Gasteiger partial charge in [0.25, 0.3) is 0 Å². The summed E-state index contributed by atoms with van der Waals surface area (Å²) in [6.07, 6.45) is 0. The van der Waals surface area contributed by atoms with Crippen molar-refractivity contribution in [2.45, 2.75) is 16.7 Å². The highest BCUT2D eigenvalue weighted by atomic mass is 32.3. The molecule has 0 unspecified atom stereocenters. The number of rotatable bonds is 2. The molecule has 0 aromatic heterocycles. The molecule has 0 saturated carbocycles. The molecule has 17 heavy (non-hydrogen) atoms. The fourth-order valence-electron chi connectivity index (χ4n) is 1.59. The lowest BCUT2D eigenvalue weighted by Gasteiger charge is -2.31. The van der Waals surface area contributed by atoms with Crippen molar-refractivity contribution in [2.24, 2.45) is 0 Å². The number of hydrogen-bond donors (Lipinski definition) is 2. The Balaban J connectivity index is 2.62. The Kier molecular flexibility index (Phi) is 2.66. The molecule has 0 bridgehead atoms. The summed E-state index contributed by atoms with van der Waals surface area (Å²) in [5.74, 6) is 0. The monoisotopic (exact) mass is 250 g/mol. The highest BCUT2D eigenvalue weighted by Crippen LogP contribution is 2.37. The van der Waals surface area contributed by atoms with E-state index in [-0.39, 0.29) is 9.79 Å². The van der Waals surface area contributed by atoms with Crippen molar-refractivity contribution in [1.29, 1.82) is 0 Å². The topological polar surface area (TPSA) is 57.5 Å². The van der Waals surface area contributed by atoms with Crippen LogP contribution in [0, 0.1) is 6.92 Å². The van der Waals surface area contributed by atoms with Gasteiger partial charge >= 0.3 is 0 Å². The van der Waals surface area contributed by atoms with Gasteiger partial charge in [-0.1, -0.05) is 35.9 Å². The Morgan fingerprint density at radius 1 is 0.824 bits per heavy atom. The van der Waals surface area contributed by atoms with Crippen molar-refractivity contribution in [3.05, 3.63) is 60.2 Å². The molecule has 0 spiro atoms. The Labute approximate surface area is 100 Å². The average Bonchev–Trinajstić information content (AvgIpc) is 2.30. The molecule has 0 radical (unpaired) electrons. The summed E-state index contributed by atoms with van der Waals surface area (Å²) in [7, 11) is -4.94. The minimum absolute atomic E-state index is 0.00773. The maximum absolute atomic E-state index is 12.4. The van der Waals surface area contributed by atoms with Gasteiger partial charge in [-0.05, 0) is 31.2 Å². The first-order chi connectivity index (χ1) is 7.88. The number of aryl methyl sites for hydroxylation is 1. The van der Waals surface area contributed by atoms with Gasteiger partial charge in [0.05, 0.1) is 9.79 Å². The van der Waals surface area contributed by atoms with Gasteiger partial charge < -0.3 is 9.11 Å². The zero-order chi connectivity index (χ0) is 12.5. The number of benzene rings is 2. The Morgan fingerprint density at radius 2 is 1.29 bits per heavy atom. The predicted octanol–water partition coefficient (Wildman–Crippen LogP) is 3.18. The summed E-state index contributed by atoms with van der Waals surface area (Å²) in [5.41, 5.74) is 0.963. The molecule has 0 heterocycles. The SMILES string of the molecule is Cc1ccc(S(=O)(O)(O)c2ccccc2)cc1. The van der Waals surface area contributed by atoms with Crippen molar-refractivity contribution >= 4 is 9.63 Å². The molecular formula is C13H14O3S. The van der Waals surface area contributed by atoms with Crippen molar-refractivity contribution in [1.82, 2.24) is 0 Å². The van der Waals surface area contributed by atoms with E-state index in [1.807, 2.05) is 6.92 Å². The molecule has 90 valence electrons. The quantitative estimate of drug-likeness (QED) is 0.860. The van der Waals surface area contributed by atoms with Gasteiger partial charge in [-0.2, -0.15) is 0 Å². The molecule has 2 N–H and O–H groups in total. The van der Waals surface area contributed by atoms with Crippen LogP contribution in [0.4, 0.5) is 0 Å². The predicted molar refractivity (Wildman–Crippen MR) is 67.6 cm³/mol. The van der Waals surface area contributed by atoms with Crippen molar-refractivity contribution in [3.63, 3.8) is 0 Å². The fourth-order valence-corrected chi connectivity index (χ4v) is 3.13. The van der Waals surface area contributed by atoms with Crippen molar-refractivity contribution < 1.29 is 13.3 Å². The summed E-state index contributed by atoms with van der Waals surface area (Å²) >= 11 is 0. The van der Waals surface area contributed by atoms with Crippen LogP contribution in [-0.4, -0.2) is 13.3 Å². The standard InChI is InChI=1S/C13H14O3S/c1-11-7-9-13(10-8-11)17(14,15,16)12-5-3-2-4-6-12/h2-10H,1H3,(H2,14,15,16). The van der Waals surface area contributed by atoms with Crippen LogP contribution in [0.1, 0.15) is 5.56 Å². The number of hydrogen-bond acceptors (Lipinski definition) is 1. The van der Waals surface area contributed by atoms with Gasteiger partial charge in [-0.3, -0.25) is 0 Å². The van der Waals surface area contributed by atoms with Gasteiger partial charge in [-0.15, -0.1) is 0 Å². The van der Waals surface area contributed by atoms with E-state index in [0.717, 1.165) is 5.56 Å². The molecule has 0 aliphatic heterocycles. The van der Waals surface area contributed by atoms with Gasteiger partial charge in [0, 0.05) is 0 Å². The second-order valence-electron chi connectivity index (χ2n) is 3.99. The molecule has 0 fully saturated rings. The Morgan fingerprint density at radius 3 is 1.82 bits per heavy atom. The summed E-state index contributed by atoms with van der Waals surface area (Å²) < 4.78 is 32.7. The van der Waals surface area contributed by atoms with Crippen LogP contribution in [0.15, 0.2) is 64.4 Å². The first-order valence-electron chi connectivity index (χ1n) is 5.17. The third kappa shape index (κ3) is 2.15. The van der Waals surface area contributed by atoms with E-state index in [1.54, 1.807) is 30.3 Å². The van der Waals surface area contributed by atoms with Crippen LogP contribution in [0.2, 0.25) is 0 Å². The van der Waals surface area contributed by atoms with Gasteiger partial charge in [0.2, 0.25) is 0 Å². The average molecular weight is 250 g/mol. The largest absolute Gasteiger partial charge is 0.301 e. The maximum Gasteiger partial charge on any atom is 0.135 e. The van der Waals surface area contributed by atoms with E-state index in [2.05, 4.69) is 0 Å². The first-order valence-corrected chi connectivity index (χ1v) is 7.05. The van der Waals surface area contributed by atoms with Crippen LogP contribution in [0.3, 0.4) is 0 Å². The van der Waals surface area contributed by atoms with Gasteiger partial charge in [-0.25, -0.2) is 4.21 Å². The summed E-state index contributed by atoms with van der Waals surface area (Å²) in [4.78, 5) is 0.0205. The highest BCUT2D eigenvalue weighted by molar-refractivity contribution is 8.10. The summed E-state index contributed by atoms with van der Waals surface area (Å²) in [6.45, 7) is 1.87. The van der Waals surface area contributed by atoms with Crippen molar-refractivity contribution in [2.75, 3.05) is 0 Å². The van der Waals surface area contributed by atoms with E-state index in [4.69, 9.17) is 0 Å². The molecule has 2 aromatic rings. The third-order valence-corrected chi connectivity index (χ3v) is 4.86. The lowest BCUT2D eigenvalue weighted by atomic mass is 10.2. The van der Waals surface area contributed by atoms with Crippen LogP contribution in [-0.2, 0) is 9.63 Å². The lowest BCUT2D eigenvalue weighted by Crippen LogP contribution is -2.31. The van der Waals surface area contributed by atoms with Crippen LogP contribution in [0.5, 0.6) is 0 Å². The highest BCUT2D eigenvalue weighted by Gasteiger charge is 2.34. The molecule has 0 amide bonds. The summed E-state index contributed by atoms with van der Waals surface area (Å²) in [5, 5.41) is 0. The van der Waals surface area contributed by atoms with E-state index >= 15 is 0 Å². The zero-order valence-electron chi connectivity index (χ0n) is 9.41. The molecule has 0 saturated heterocycles. The van der Waals surface area contributed by atoms with Crippen LogP contribution >= 0.6 is 0 Å². The molecule has 0 atom stereocenters. The molecule has 0 aliphatic rings.